The molecule has 4 rings (SSSR count). The molecule has 0 radical (unpaired) electrons. The molecule has 204 valence electrons. The normalized spacial score (nSPS) is 13.9. The van der Waals surface area contributed by atoms with E-state index in [4.69, 9.17) is 4.74 Å². The maximum Gasteiger partial charge on any atom is 0.294 e. The lowest BCUT2D eigenvalue weighted by Crippen LogP contribution is -2.36. The van der Waals surface area contributed by atoms with Crippen molar-refractivity contribution >= 4 is 23.6 Å². The topological polar surface area (TPSA) is 61.9 Å². The molecule has 0 aliphatic carbocycles. The smallest absolute Gasteiger partial charge is 0.294 e. The second kappa shape index (κ2) is 13.8. The predicted molar refractivity (Wildman–Crippen MR) is 158 cm³/mol. The first kappa shape index (κ1) is 28.1. The molecular formula is C33H39N3O3. The van der Waals surface area contributed by atoms with Crippen LogP contribution in [0.5, 0.6) is 5.75 Å². The Morgan fingerprint density at radius 3 is 2.31 bits per heavy atom. The fourth-order valence-electron chi connectivity index (χ4n) is 4.75. The van der Waals surface area contributed by atoms with Gasteiger partial charge in [-0.1, -0.05) is 67.9 Å². The Morgan fingerprint density at radius 2 is 1.62 bits per heavy atom. The lowest BCUT2D eigenvalue weighted by Gasteiger charge is -2.30. The molecule has 0 saturated heterocycles. The Labute approximate surface area is 232 Å². The number of para-hydroxylation sites is 2. The minimum atomic E-state index is -0.198. The Kier molecular flexibility index (Phi) is 9.92. The molecule has 0 spiro atoms. The Balaban J connectivity index is 1.41. The van der Waals surface area contributed by atoms with Gasteiger partial charge in [-0.2, -0.15) is 0 Å². The molecule has 39 heavy (non-hydrogen) atoms. The third-order valence-corrected chi connectivity index (χ3v) is 6.78. The summed E-state index contributed by atoms with van der Waals surface area (Å²) >= 11 is 0. The number of benzene rings is 3. The molecule has 1 heterocycles. The number of carbonyl (C=O) groups is 2. The van der Waals surface area contributed by atoms with Crippen molar-refractivity contribution in [1.29, 1.82) is 0 Å². The van der Waals surface area contributed by atoms with Crippen molar-refractivity contribution in [2.45, 2.75) is 46.6 Å². The van der Waals surface area contributed by atoms with Gasteiger partial charge in [0.1, 0.15) is 0 Å². The van der Waals surface area contributed by atoms with Crippen molar-refractivity contribution in [3.8, 4) is 5.75 Å². The number of carbonyl (C=O) groups excluding carboxylic acids is 2. The molecule has 2 amide bonds. The van der Waals surface area contributed by atoms with Crippen LogP contribution in [0.25, 0.3) is 6.08 Å². The van der Waals surface area contributed by atoms with Gasteiger partial charge in [-0.3, -0.25) is 14.5 Å². The molecule has 1 N–H and O–H groups in total. The van der Waals surface area contributed by atoms with Gasteiger partial charge < -0.3 is 15.0 Å². The monoisotopic (exact) mass is 525 g/mol. The zero-order valence-electron chi connectivity index (χ0n) is 23.3. The number of hydrogen-bond acceptors (Lipinski definition) is 4. The number of ether oxygens (including phenoxy) is 1. The van der Waals surface area contributed by atoms with Crippen LogP contribution in [0, 0.1) is 6.92 Å². The summed E-state index contributed by atoms with van der Waals surface area (Å²) in [5.41, 5.74) is 4.36. The van der Waals surface area contributed by atoms with E-state index in [1.165, 1.54) is 5.56 Å². The van der Waals surface area contributed by atoms with E-state index < -0.39 is 0 Å². The fraction of sp³-hybridized carbons (Fsp3) is 0.333. The van der Waals surface area contributed by atoms with Crippen LogP contribution >= 0.6 is 0 Å². The minimum absolute atomic E-state index is 0.0880. The Bertz CT molecular complexity index is 1280. The number of rotatable bonds is 12. The third kappa shape index (κ3) is 7.58. The molecule has 6 heteroatoms. The highest BCUT2D eigenvalue weighted by molar-refractivity contribution is 6.09. The van der Waals surface area contributed by atoms with E-state index >= 15 is 0 Å². The summed E-state index contributed by atoms with van der Waals surface area (Å²) in [6, 6.07) is 23.0. The number of fused-ring (bicyclic) bond motifs is 1. The van der Waals surface area contributed by atoms with Crippen LogP contribution in [-0.4, -0.2) is 42.9 Å². The molecule has 3 aromatic carbocycles. The highest BCUT2D eigenvalue weighted by atomic mass is 16.5. The quantitative estimate of drug-likeness (QED) is 0.226. The van der Waals surface area contributed by atoms with E-state index in [1.807, 2.05) is 67.6 Å². The largest absolute Gasteiger partial charge is 0.449 e. The first-order chi connectivity index (χ1) is 19.0. The predicted octanol–water partition coefficient (Wildman–Crippen LogP) is 6.20. The van der Waals surface area contributed by atoms with E-state index in [9.17, 15) is 9.59 Å². The molecular weight excluding hydrogens is 486 g/mol. The minimum Gasteiger partial charge on any atom is -0.449 e. The third-order valence-electron chi connectivity index (χ3n) is 6.78. The zero-order chi connectivity index (χ0) is 27.6. The van der Waals surface area contributed by atoms with Crippen LogP contribution < -0.4 is 15.0 Å². The van der Waals surface area contributed by atoms with Crippen molar-refractivity contribution in [1.82, 2.24) is 10.2 Å². The van der Waals surface area contributed by atoms with E-state index in [0.29, 0.717) is 24.4 Å². The SMILES string of the molecule is CCCN(CCC)CCCNC(=O)c1ccc(C=C2Oc3ccccc3N(Cc3ccc(C)cc3)C2=O)cc1. The molecule has 3 aromatic rings. The van der Waals surface area contributed by atoms with Crippen LogP contribution in [0.4, 0.5) is 5.69 Å². The van der Waals surface area contributed by atoms with Gasteiger partial charge in [-0.25, -0.2) is 0 Å². The summed E-state index contributed by atoms with van der Waals surface area (Å²) < 4.78 is 6.02. The summed E-state index contributed by atoms with van der Waals surface area (Å²) in [6.07, 6.45) is 4.94. The Morgan fingerprint density at radius 1 is 0.923 bits per heavy atom. The molecule has 6 nitrogen and oxygen atoms in total. The maximum atomic E-state index is 13.5. The van der Waals surface area contributed by atoms with Gasteiger partial charge in [0.15, 0.2) is 11.5 Å². The average Bonchev–Trinajstić information content (AvgIpc) is 2.95. The lowest BCUT2D eigenvalue weighted by atomic mass is 10.1. The lowest BCUT2D eigenvalue weighted by molar-refractivity contribution is -0.117. The van der Waals surface area contributed by atoms with Crippen LogP contribution in [0.15, 0.2) is 78.6 Å². The van der Waals surface area contributed by atoms with Gasteiger partial charge >= 0.3 is 0 Å². The van der Waals surface area contributed by atoms with Gasteiger partial charge in [0.05, 0.1) is 12.2 Å². The summed E-state index contributed by atoms with van der Waals surface area (Å²) in [4.78, 5) is 30.3. The fourth-order valence-corrected chi connectivity index (χ4v) is 4.75. The molecule has 1 aliphatic rings. The number of anilines is 1. The molecule has 0 fully saturated rings. The first-order valence-electron chi connectivity index (χ1n) is 13.9. The van der Waals surface area contributed by atoms with Crippen LogP contribution in [0.2, 0.25) is 0 Å². The van der Waals surface area contributed by atoms with Crippen LogP contribution in [-0.2, 0) is 11.3 Å². The highest BCUT2D eigenvalue weighted by Crippen LogP contribution is 2.36. The van der Waals surface area contributed by atoms with Gasteiger partial charge in [0.25, 0.3) is 11.8 Å². The zero-order valence-corrected chi connectivity index (χ0v) is 23.3. The van der Waals surface area contributed by atoms with E-state index in [0.717, 1.165) is 55.7 Å². The highest BCUT2D eigenvalue weighted by Gasteiger charge is 2.30. The van der Waals surface area contributed by atoms with Gasteiger partial charge in [0.2, 0.25) is 0 Å². The van der Waals surface area contributed by atoms with Crippen LogP contribution in [0.3, 0.4) is 0 Å². The Hall–Kier alpha value is -3.90. The first-order valence-corrected chi connectivity index (χ1v) is 13.9. The van der Waals surface area contributed by atoms with Gasteiger partial charge in [-0.05, 0) is 87.3 Å². The molecule has 0 aromatic heterocycles. The van der Waals surface area contributed by atoms with Crippen molar-refractivity contribution < 1.29 is 14.3 Å². The maximum absolute atomic E-state index is 13.5. The summed E-state index contributed by atoms with van der Waals surface area (Å²) in [6.45, 7) is 10.7. The van der Waals surface area contributed by atoms with Crippen molar-refractivity contribution in [2.24, 2.45) is 0 Å². The van der Waals surface area contributed by atoms with Crippen molar-refractivity contribution in [2.75, 3.05) is 31.1 Å². The molecule has 0 bridgehead atoms. The van der Waals surface area contributed by atoms with Crippen molar-refractivity contribution in [3.63, 3.8) is 0 Å². The summed E-state index contributed by atoms with van der Waals surface area (Å²) in [5.74, 6) is 0.607. The molecule has 0 atom stereocenters. The standard InChI is InChI=1S/C33H39N3O3/c1-4-20-35(21-5-2)22-8-19-34-32(37)28-17-15-26(16-18-28)23-31-33(38)36(24-27-13-11-25(3)12-14-27)29-9-6-7-10-30(29)39-31/h6-7,9-18,23H,4-5,8,19-22,24H2,1-3H3,(H,34,37). The second-order valence-electron chi connectivity index (χ2n) is 10.0. The number of nitrogens with zero attached hydrogens (tertiary/aromatic N) is 2. The van der Waals surface area contributed by atoms with E-state index in [1.54, 1.807) is 23.1 Å². The number of nitrogens with one attached hydrogen (secondary N) is 1. The second-order valence-corrected chi connectivity index (χ2v) is 10.0. The van der Waals surface area contributed by atoms with Crippen LogP contribution in [0.1, 0.15) is 60.2 Å². The van der Waals surface area contributed by atoms with Gasteiger partial charge in [-0.15, -0.1) is 0 Å². The van der Waals surface area contributed by atoms with Gasteiger partial charge in [0, 0.05) is 12.1 Å². The van der Waals surface area contributed by atoms with E-state index in [-0.39, 0.29) is 17.6 Å². The number of aryl methyl sites for hydroxylation is 1. The van der Waals surface area contributed by atoms with E-state index in [2.05, 4.69) is 24.1 Å². The summed E-state index contributed by atoms with van der Waals surface area (Å²) in [7, 11) is 0. The summed E-state index contributed by atoms with van der Waals surface area (Å²) in [5, 5.41) is 3.02. The molecule has 0 saturated carbocycles. The van der Waals surface area contributed by atoms with Crippen molar-refractivity contribution in [3.05, 3.63) is 101 Å². The average molecular weight is 526 g/mol. The molecule has 0 unspecified atom stereocenters. The number of hydrogen-bond donors (Lipinski definition) is 1. The number of amides is 2. The molecule has 1 aliphatic heterocycles.